The molecule has 0 bridgehead atoms. The molecule has 8 nitrogen and oxygen atoms in total. The van der Waals surface area contributed by atoms with E-state index in [2.05, 4.69) is 4.98 Å². The van der Waals surface area contributed by atoms with E-state index in [-0.39, 0.29) is 29.4 Å². The number of ketones is 1. The van der Waals surface area contributed by atoms with Crippen LogP contribution in [0.2, 0.25) is 0 Å². The number of hydrogen-bond donors (Lipinski definition) is 0. The molecule has 0 atom stereocenters. The molecule has 0 unspecified atom stereocenters. The van der Waals surface area contributed by atoms with Crippen molar-refractivity contribution in [1.82, 2.24) is 18.7 Å². The van der Waals surface area contributed by atoms with Crippen LogP contribution in [-0.2, 0) is 13.1 Å². The lowest BCUT2D eigenvalue weighted by Crippen LogP contribution is -2.40. The first-order valence-corrected chi connectivity index (χ1v) is 10.6. The maximum Gasteiger partial charge on any atom is 0.337 e. The van der Waals surface area contributed by atoms with Crippen molar-refractivity contribution in [2.45, 2.75) is 25.9 Å². The zero-order valence-electron chi connectivity index (χ0n) is 17.9. The summed E-state index contributed by atoms with van der Waals surface area (Å²) in [5, 5.41) is 0. The number of methoxy groups -OCH3 is 1. The van der Waals surface area contributed by atoms with Crippen molar-refractivity contribution in [2.24, 2.45) is 5.92 Å². The number of rotatable bonds is 7. The fourth-order valence-electron chi connectivity index (χ4n) is 3.88. The number of halogens is 1. The fourth-order valence-corrected chi connectivity index (χ4v) is 3.88. The summed E-state index contributed by atoms with van der Waals surface area (Å²) < 4.78 is 22.6. The predicted octanol–water partition coefficient (Wildman–Crippen LogP) is 2.79. The highest BCUT2D eigenvalue weighted by atomic mass is 19.1. The van der Waals surface area contributed by atoms with Crippen LogP contribution in [0.3, 0.4) is 0 Å². The van der Waals surface area contributed by atoms with Crippen LogP contribution in [0.4, 0.5) is 4.39 Å². The average molecular weight is 448 g/mol. The topological polar surface area (TPSA) is 88.1 Å². The number of imidazole rings is 1. The van der Waals surface area contributed by atoms with Gasteiger partial charge in [0.05, 0.1) is 25.7 Å². The number of benzene rings is 2. The molecule has 4 aromatic rings. The van der Waals surface area contributed by atoms with Gasteiger partial charge in [-0.25, -0.2) is 18.7 Å². The van der Waals surface area contributed by atoms with Gasteiger partial charge >= 0.3 is 5.69 Å². The van der Waals surface area contributed by atoms with Crippen molar-refractivity contribution in [3.63, 3.8) is 0 Å². The van der Waals surface area contributed by atoms with Crippen LogP contribution < -0.4 is 16.0 Å². The average Bonchev–Trinajstić information content (AvgIpc) is 3.56. The summed E-state index contributed by atoms with van der Waals surface area (Å²) in [6, 6.07) is 12.2. The second-order valence-corrected chi connectivity index (χ2v) is 8.15. The first-order chi connectivity index (χ1) is 16.0. The van der Waals surface area contributed by atoms with Crippen LogP contribution in [-0.4, -0.2) is 31.6 Å². The van der Waals surface area contributed by atoms with E-state index in [0.29, 0.717) is 23.5 Å². The normalized spacial score (nSPS) is 13.4. The molecule has 1 aliphatic carbocycles. The van der Waals surface area contributed by atoms with Gasteiger partial charge in [-0.15, -0.1) is 0 Å². The van der Waals surface area contributed by atoms with Crippen LogP contribution in [0.25, 0.3) is 16.9 Å². The summed E-state index contributed by atoms with van der Waals surface area (Å²) >= 11 is 0. The van der Waals surface area contributed by atoms with Crippen LogP contribution in [0.5, 0.6) is 5.75 Å². The lowest BCUT2D eigenvalue weighted by Gasteiger charge is -2.12. The van der Waals surface area contributed by atoms with Gasteiger partial charge < -0.3 is 9.30 Å². The summed E-state index contributed by atoms with van der Waals surface area (Å²) in [6.07, 6.45) is 3.28. The monoisotopic (exact) mass is 448 g/mol. The molecular weight excluding hydrogens is 427 g/mol. The Kier molecular flexibility index (Phi) is 5.16. The van der Waals surface area contributed by atoms with Gasteiger partial charge in [-0.05, 0) is 55.2 Å². The molecule has 2 aromatic carbocycles. The molecule has 2 aromatic heterocycles. The number of Topliss-reactive ketones (excluding diaryl/α,β-unsaturated/α-hetero) is 1. The number of ether oxygens (including phenoxy) is 1. The Balaban J connectivity index is 1.66. The standard InChI is InChI=1S/C24H21FN4O4/c1-33-19-4-2-3-16(11-19)20(30)13-27-14-26-22-21(27)23(31)28(12-15-5-6-15)24(32)29(22)18-9-7-17(25)8-10-18/h2-4,7-11,14-15H,5-6,12-13H2,1H3. The SMILES string of the molecule is COc1cccc(C(=O)Cn2cnc3c2c(=O)n(CC2CC2)c(=O)n3-c2ccc(F)cc2)c1. The highest BCUT2D eigenvalue weighted by Gasteiger charge is 2.26. The van der Waals surface area contributed by atoms with Gasteiger partial charge in [0.2, 0.25) is 0 Å². The number of fused-ring (bicyclic) bond motifs is 1. The van der Waals surface area contributed by atoms with Crippen molar-refractivity contribution in [3.05, 3.63) is 87.1 Å². The Bertz CT molecular complexity index is 1480. The van der Waals surface area contributed by atoms with Crippen LogP contribution >= 0.6 is 0 Å². The van der Waals surface area contributed by atoms with E-state index in [9.17, 15) is 18.8 Å². The van der Waals surface area contributed by atoms with Crippen molar-refractivity contribution >= 4 is 16.9 Å². The summed E-state index contributed by atoms with van der Waals surface area (Å²) in [5.74, 6) is 0.141. The third kappa shape index (κ3) is 3.86. The molecule has 0 amide bonds. The van der Waals surface area contributed by atoms with Crippen molar-refractivity contribution in [1.29, 1.82) is 0 Å². The second-order valence-electron chi connectivity index (χ2n) is 8.15. The minimum atomic E-state index is -0.532. The van der Waals surface area contributed by atoms with Crippen LogP contribution in [0, 0.1) is 11.7 Å². The van der Waals surface area contributed by atoms with Crippen LogP contribution in [0.1, 0.15) is 23.2 Å². The first kappa shape index (κ1) is 20.9. The molecule has 5 rings (SSSR count). The van der Waals surface area contributed by atoms with Gasteiger partial charge in [0.15, 0.2) is 16.9 Å². The van der Waals surface area contributed by atoms with Crippen LogP contribution in [0.15, 0.2) is 64.4 Å². The minimum absolute atomic E-state index is 0.127. The number of hydrogen-bond acceptors (Lipinski definition) is 5. The molecule has 33 heavy (non-hydrogen) atoms. The maximum absolute atomic E-state index is 13.5. The molecule has 0 radical (unpaired) electrons. The number of aromatic nitrogens is 4. The van der Waals surface area contributed by atoms with E-state index in [1.807, 2.05) is 0 Å². The quantitative estimate of drug-likeness (QED) is 0.406. The first-order valence-electron chi connectivity index (χ1n) is 10.6. The number of nitrogens with zero attached hydrogens (tertiary/aromatic N) is 4. The molecule has 0 spiro atoms. The minimum Gasteiger partial charge on any atom is -0.497 e. The second kappa shape index (κ2) is 8.16. The summed E-state index contributed by atoms with van der Waals surface area (Å²) in [5.41, 5.74) is 0.0752. The van der Waals surface area contributed by atoms with E-state index in [1.54, 1.807) is 24.3 Å². The Morgan fingerprint density at radius 1 is 1.15 bits per heavy atom. The molecule has 1 fully saturated rings. The third-order valence-corrected chi connectivity index (χ3v) is 5.83. The van der Waals surface area contributed by atoms with Gasteiger partial charge in [-0.2, -0.15) is 0 Å². The smallest absolute Gasteiger partial charge is 0.337 e. The fraction of sp³-hybridized carbons (Fsp3) is 0.250. The van der Waals surface area contributed by atoms with E-state index in [0.717, 1.165) is 12.8 Å². The lowest BCUT2D eigenvalue weighted by atomic mass is 10.1. The predicted molar refractivity (Wildman–Crippen MR) is 120 cm³/mol. The highest BCUT2D eigenvalue weighted by Crippen LogP contribution is 2.30. The lowest BCUT2D eigenvalue weighted by molar-refractivity contribution is 0.0973. The molecule has 2 heterocycles. The molecule has 0 saturated heterocycles. The molecule has 1 aliphatic rings. The van der Waals surface area contributed by atoms with Crippen molar-refractivity contribution in [2.75, 3.05) is 7.11 Å². The van der Waals surface area contributed by atoms with Gasteiger partial charge in [0.1, 0.15) is 11.6 Å². The Morgan fingerprint density at radius 2 is 1.91 bits per heavy atom. The van der Waals surface area contributed by atoms with Gasteiger partial charge in [0.25, 0.3) is 5.56 Å². The highest BCUT2D eigenvalue weighted by molar-refractivity contribution is 5.96. The van der Waals surface area contributed by atoms with Crippen molar-refractivity contribution < 1.29 is 13.9 Å². The van der Waals surface area contributed by atoms with E-state index >= 15 is 0 Å². The van der Waals surface area contributed by atoms with E-state index in [4.69, 9.17) is 4.74 Å². The summed E-state index contributed by atoms with van der Waals surface area (Å²) in [6.45, 7) is 0.160. The van der Waals surface area contributed by atoms with Gasteiger partial charge in [-0.3, -0.25) is 14.2 Å². The third-order valence-electron chi connectivity index (χ3n) is 5.83. The summed E-state index contributed by atoms with van der Waals surface area (Å²) in [7, 11) is 1.52. The molecular formula is C24H21FN4O4. The maximum atomic E-state index is 13.5. The molecule has 1 saturated carbocycles. The molecule has 9 heteroatoms. The number of carbonyl (C=O) groups is 1. The molecule has 0 aliphatic heterocycles. The summed E-state index contributed by atoms with van der Waals surface area (Å²) in [4.78, 5) is 43.9. The van der Waals surface area contributed by atoms with E-state index in [1.165, 1.54) is 51.4 Å². The van der Waals surface area contributed by atoms with E-state index < -0.39 is 17.1 Å². The Morgan fingerprint density at radius 3 is 2.61 bits per heavy atom. The Labute approximate surface area is 187 Å². The largest absolute Gasteiger partial charge is 0.497 e. The van der Waals surface area contributed by atoms with Gasteiger partial charge in [-0.1, -0.05) is 12.1 Å². The molecule has 0 N–H and O–H groups in total. The Hall–Kier alpha value is -4.01. The van der Waals surface area contributed by atoms with Gasteiger partial charge in [0, 0.05) is 12.1 Å². The zero-order valence-corrected chi connectivity index (χ0v) is 17.9. The number of carbonyl (C=O) groups excluding carboxylic acids is 1. The van der Waals surface area contributed by atoms with Crippen molar-refractivity contribution in [3.8, 4) is 11.4 Å². The molecule has 168 valence electrons. The zero-order chi connectivity index (χ0) is 23.1.